The topological polar surface area (TPSA) is 47.6 Å². The van der Waals surface area contributed by atoms with Crippen molar-refractivity contribution in [1.82, 2.24) is 5.32 Å². The Morgan fingerprint density at radius 1 is 0.931 bits per heavy atom. The normalized spacial score (nSPS) is 11.7. The van der Waals surface area contributed by atoms with Gasteiger partial charge >= 0.3 is 0 Å². The minimum absolute atomic E-state index is 0.00280. The Kier molecular flexibility index (Phi) is 7.04. The Balaban J connectivity index is 1.66. The van der Waals surface area contributed by atoms with Gasteiger partial charge in [0.05, 0.1) is 12.6 Å². The van der Waals surface area contributed by atoms with Gasteiger partial charge in [-0.25, -0.2) is 0 Å². The van der Waals surface area contributed by atoms with Crippen LogP contribution in [0.3, 0.4) is 0 Å². The summed E-state index contributed by atoms with van der Waals surface area (Å²) < 4.78 is 11.1. The molecular weight excluding hydrogens is 362 g/mol. The first-order valence-corrected chi connectivity index (χ1v) is 9.78. The van der Waals surface area contributed by atoms with Crippen LogP contribution in [0.4, 0.5) is 0 Å². The maximum absolute atomic E-state index is 11.2. The van der Waals surface area contributed by atoms with Crippen LogP contribution in [0, 0.1) is 0 Å². The first-order valence-electron chi connectivity index (χ1n) is 9.78. The van der Waals surface area contributed by atoms with Crippen LogP contribution in [0.1, 0.15) is 31.0 Å². The van der Waals surface area contributed by atoms with Gasteiger partial charge in [-0.2, -0.15) is 0 Å². The van der Waals surface area contributed by atoms with Crippen molar-refractivity contribution in [2.75, 3.05) is 13.7 Å². The highest BCUT2D eigenvalue weighted by Gasteiger charge is 2.07. The Bertz CT molecular complexity index is 933. The average molecular weight is 389 g/mol. The zero-order valence-corrected chi connectivity index (χ0v) is 17.1. The molecule has 3 rings (SSSR count). The first-order chi connectivity index (χ1) is 14.0. The third kappa shape index (κ3) is 5.93. The van der Waals surface area contributed by atoms with Crippen LogP contribution in [0.15, 0.2) is 72.8 Å². The number of ether oxygens (including phenoxy) is 2. The van der Waals surface area contributed by atoms with Crippen molar-refractivity contribution in [2.45, 2.75) is 26.3 Å². The van der Waals surface area contributed by atoms with Crippen molar-refractivity contribution < 1.29 is 14.3 Å². The quantitative estimate of drug-likeness (QED) is 0.551. The van der Waals surface area contributed by atoms with E-state index >= 15 is 0 Å². The fraction of sp³-hybridized carbons (Fsp3) is 0.240. The molecule has 3 aromatic carbocycles. The van der Waals surface area contributed by atoms with E-state index < -0.39 is 0 Å². The van der Waals surface area contributed by atoms with E-state index in [1.165, 1.54) is 12.5 Å². The molecule has 0 aliphatic rings. The lowest BCUT2D eigenvalue weighted by Gasteiger charge is -2.13. The Morgan fingerprint density at radius 3 is 2.21 bits per heavy atom. The number of methoxy groups -OCH3 is 1. The zero-order valence-electron chi connectivity index (χ0n) is 17.1. The number of carbonyl (C=O) groups is 1. The lowest BCUT2D eigenvalue weighted by Crippen LogP contribution is -2.23. The summed E-state index contributed by atoms with van der Waals surface area (Å²) in [5.41, 5.74) is 4.51. The maximum Gasteiger partial charge on any atom is 0.217 e. The number of carbonyl (C=O) groups excluding carboxylic acids is 1. The Hall–Kier alpha value is -3.11. The van der Waals surface area contributed by atoms with E-state index in [2.05, 4.69) is 35.6 Å². The molecule has 0 aliphatic carbocycles. The number of nitrogens with one attached hydrogen (secondary N) is 1. The van der Waals surface area contributed by atoms with Gasteiger partial charge in [-0.3, -0.25) is 4.79 Å². The maximum atomic E-state index is 11.2. The highest BCUT2D eigenvalue weighted by molar-refractivity contribution is 5.73. The van der Waals surface area contributed by atoms with E-state index in [-0.39, 0.29) is 11.9 Å². The van der Waals surface area contributed by atoms with Crippen LogP contribution < -0.4 is 10.1 Å². The molecule has 3 aromatic rings. The number of amides is 1. The largest absolute Gasteiger partial charge is 0.457 e. The smallest absolute Gasteiger partial charge is 0.217 e. The highest BCUT2D eigenvalue weighted by atomic mass is 16.5. The SMILES string of the molecule is COCCc1cccc(Oc2ccc(-c3ccc(C(C)NC(C)=O)cc3)cc2)c1. The van der Waals surface area contributed by atoms with E-state index in [0.29, 0.717) is 6.61 Å². The van der Waals surface area contributed by atoms with Crippen LogP contribution >= 0.6 is 0 Å². The van der Waals surface area contributed by atoms with Gasteiger partial charge in [0.2, 0.25) is 5.91 Å². The van der Waals surface area contributed by atoms with Gasteiger partial charge in [0, 0.05) is 14.0 Å². The van der Waals surface area contributed by atoms with Crippen LogP contribution in [-0.2, 0) is 16.0 Å². The van der Waals surface area contributed by atoms with Gasteiger partial charge in [-0.05, 0) is 59.9 Å². The molecule has 150 valence electrons. The molecule has 4 nitrogen and oxygen atoms in total. The van der Waals surface area contributed by atoms with Crippen LogP contribution in [0.5, 0.6) is 11.5 Å². The van der Waals surface area contributed by atoms with E-state index in [1.807, 2.05) is 49.4 Å². The fourth-order valence-corrected chi connectivity index (χ4v) is 3.19. The zero-order chi connectivity index (χ0) is 20.6. The minimum atomic E-state index is -0.0265. The summed E-state index contributed by atoms with van der Waals surface area (Å²) in [5, 5.41) is 2.90. The summed E-state index contributed by atoms with van der Waals surface area (Å²) >= 11 is 0. The van der Waals surface area contributed by atoms with E-state index in [9.17, 15) is 4.79 Å². The number of hydrogen-bond acceptors (Lipinski definition) is 3. The van der Waals surface area contributed by atoms with Gasteiger partial charge in [0.1, 0.15) is 11.5 Å². The van der Waals surface area contributed by atoms with Crippen LogP contribution in [0.2, 0.25) is 0 Å². The van der Waals surface area contributed by atoms with Crippen molar-refractivity contribution in [1.29, 1.82) is 0 Å². The van der Waals surface area contributed by atoms with E-state index in [4.69, 9.17) is 9.47 Å². The van der Waals surface area contributed by atoms with Crippen molar-refractivity contribution in [3.8, 4) is 22.6 Å². The third-order valence-electron chi connectivity index (χ3n) is 4.75. The lowest BCUT2D eigenvalue weighted by atomic mass is 10.0. The summed E-state index contributed by atoms with van der Waals surface area (Å²) in [6.07, 6.45) is 0.864. The second kappa shape index (κ2) is 9.89. The molecule has 0 fully saturated rings. The van der Waals surface area contributed by atoms with Crippen molar-refractivity contribution >= 4 is 5.91 Å². The predicted octanol–water partition coefficient (Wildman–Crippen LogP) is 5.53. The Morgan fingerprint density at radius 2 is 1.59 bits per heavy atom. The molecule has 1 N–H and O–H groups in total. The molecule has 0 heterocycles. The molecule has 1 unspecified atom stereocenters. The predicted molar refractivity (Wildman–Crippen MR) is 116 cm³/mol. The van der Waals surface area contributed by atoms with Crippen molar-refractivity contribution in [2.24, 2.45) is 0 Å². The first kappa shape index (κ1) is 20.6. The van der Waals surface area contributed by atoms with Gasteiger partial charge < -0.3 is 14.8 Å². The second-order valence-electron chi connectivity index (χ2n) is 7.06. The minimum Gasteiger partial charge on any atom is -0.457 e. The second-order valence-corrected chi connectivity index (χ2v) is 7.06. The van der Waals surface area contributed by atoms with Crippen LogP contribution in [0.25, 0.3) is 11.1 Å². The monoisotopic (exact) mass is 389 g/mol. The van der Waals surface area contributed by atoms with Crippen molar-refractivity contribution in [3.05, 3.63) is 83.9 Å². The molecule has 0 spiro atoms. The molecule has 0 aromatic heterocycles. The standard InChI is InChI=1S/C25H27NO3/c1-18(26-19(2)27)21-7-9-22(10-8-21)23-11-13-24(14-12-23)29-25-6-4-5-20(17-25)15-16-28-3/h4-14,17-18H,15-16H2,1-3H3,(H,26,27). The van der Waals surface area contributed by atoms with E-state index in [1.54, 1.807) is 7.11 Å². The van der Waals surface area contributed by atoms with Gasteiger partial charge in [0.15, 0.2) is 0 Å². The summed E-state index contributed by atoms with van der Waals surface area (Å²) in [4.78, 5) is 11.2. The number of hydrogen-bond donors (Lipinski definition) is 1. The van der Waals surface area contributed by atoms with Crippen molar-refractivity contribution in [3.63, 3.8) is 0 Å². The summed E-state index contributed by atoms with van der Waals surface area (Å²) in [6.45, 7) is 4.21. The molecule has 0 radical (unpaired) electrons. The third-order valence-corrected chi connectivity index (χ3v) is 4.75. The number of rotatable bonds is 8. The molecule has 0 aliphatic heterocycles. The average Bonchev–Trinajstić information content (AvgIpc) is 2.73. The van der Waals surface area contributed by atoms with Gasteiger partial charge in [-0.1, -0.05) is 48.5 Å². The lowest BCUT2D eigenvalue weighted by molar-refractivity contribution is -0.119. The van der Waals surface area contributed by atoms with Crippen LogP contribution in [-0.4, -0.2) is 19.6 Å². The summed E-state index contributed by atoms with van der Waals surface area (Å²) in [6, 6.07) is 24.4. The molecule has 29 heavy (non-hydrogen) atoms. The summed E-state index contributed by atoms with van der Waals surface area (Å²) in [7, 11) is 1.71. The van der Waals surface area contributed by atoms with Gasteiger partial charge in [0.25, 0.3) is 0 Å². The highest BCUT2D eigenvalue weighted by Crippen LogP contribution is 2.27. The van der Waals surface area contributed by atoms with Gasteiger partial charge in [-0.15, -0.1) is 0 Å². The molecule has 1 amide bonds. The molecular formula is C25H27NO3. The van der Waals surface area contributed by atoms with E-state index in [0.717, 1.165) is 34.6 Å². The number of benzene rings is 3. The molecule has 1 atom stereocenters. The molecule has 4 heteroatoms. The molecule has 0 saturated carbocycles. The Labute approximate surface area is 172 Å². The molecule has 0 bridgehead atoms. The fourth-order valence-electron chi connectivity index (χ4n) is 3.19. The molecule has 0 saturated heterocycles. The summed E-state index contributed by atoms with van der Waals surface area (Å²) in [5.74, 6) is 1.60.